The van der Waals surface area contributed by atoms with E-state index in [-0.39, 0.29) is 0 Å². The first-order chi connectivity index (χ1) is 15.3. The number of aromatic nitrogens is 4. The number of rotatable bonds is 8. The number of nitrogens with one attached hydrogen (secondary N) is 1. The SMILES string of the molecule is Cn1c(CNCCCc2nc3ccccc3n2Cc2ccccc2)nc2ccccc21. The molecule has 31 heavy (non-hydrogen) atoms. The van der Waals surface area contributed by atoms with Gasteiger partial charge in [-0.05, 0) is 42.8 Å². The summed E-state index contributed by atoms with van der Waals surface area (Å²) in [5, 5.41) is 3.56. The lowest BCUT2D eigenvalue weighted by Crippen LogP contribution is -2.18. The van der Waals surface area contributed by atoms with Crippen LogP contribution in [0.5, 0.6) is 0 Å². The van der Waals surface area contributed by atoms with Crippen molar-refractivity contribution in [2.24, 2.45) is 7.05 Å². The zero-order chi connectivity index (χ0) is 21.0. The lowest BCUT2D eigenvalue weighted by molar-refractivity contribution is 0.601. The summed E-state index contributed by atoms with van der Waals surface area (Å²) in [7, 11) is 2.08. The third kappa shape index (κ3) is 4.09. The molecule has 0 saturated carbocycles. The summed E-state index contributed by atoms with van der Waals surface area (Å²) >= 11 is 0. The van der Waals surface area contributed by atoms with E-state index in [0.29, 0.717) is 0 Å². The van der Waals surface area contributed by atoms with Crippen molar-refractivity contribution >= 4 is 22.1 Å². The van der Waals surface area contributed by atoms with Crippen molar-refractivity contribution in [1.29, 1.82) is 0 Å². The zero-order valence-corrected chi connectivity index (χ0v) is 17.8. The Morgan fingerprint density at radius 3 is 2.16 bits per heavy atom. The van der Waals surface area contributed by atoms with Crippen LogP contribution in [-0.2, 0) is 26.6 Å². The molecule has 0 amide bonds. The minimum absolute atomic E-state index is 0.769. The van der Waals surface area contributed by atoms with Gasteiger partial charge < -0.3 is 14.5 Å². The summed E-state index contributed by atoms with van der Waals surface area (Å²) in [5.74, 6) is 2.21. The van der Waals surface area contributed by atoms with Crippen LogP contribution in [0.25, 0.3) is 22.1 Å². The molecule has 5 aromatic rings. The summed E-state index contributed by atoms with van der Waals surface area (Å²) in [6.07, 6.45) is 1.97. The summed E-state index contributed by atoms with van der Waals surface area (Å²) < 4.78 is 4.53. The van der Waals surface area contributed by atoms with Gasteiger partial charge in [0.25, 0.3) is 0 Å². The van der Waals surface area contributed by atoms with E-state index in [0.717, 1.165) is 55.2 Å². The fourth-order valence-electron chi connectivity index (χ4n) is 4.18. The molecule has 0 radical (unpaired) electrons. The molecule has 0 spiro atoms. The van der Waals surface area contributed by atoms with E-state index in [1.54, 1.807) is 0 Å². The van der Waals surface area contributed by atoms with Gasteiger partial charge in [-0.2, -0.15) is 0 Å². The fourth-order valence-corrected chi connectivity index (χ4v) is 4.18. The molecule has 0 aliphatic rings. The molecule has 2 aromatic heterocycles. The second-order valence-corrected chi connectivity index (χ2v) is 7.94. The van der Waals surface area contributed by atoms with E-state index >= 15 is 0 Å². The Morgan fingerprint density at radius 1 is 0.742 bits per heavy atom. The van der Waals surface area contributed by atoms with E-state index in [1.807, 2.05) is 6.07 Å². The lowest BCUT2D eigenvalue weighted by Gasteiger charge is -2.10. The first-order valence-corrected chi connectivity index (χ1v) is 10.9. The Morgan fingerprint density at radius 2 is 1.39 bits per heavy atom. The van der Waals surface area contributed by atoms with Gasteiger partial charge in [-0.3, -0.25) is 0 Å². The van der Waals surface area contributed by atoms with Crippen LogP contribution in [-0.4, -0.2) is 25.6 Å². The second kappa shape index (κ2) is 8.74. The van der Waals surface area contributed by atoms with Gasteiger partial charge in [0.15, 0.2) is 0 Å². The Bertz CT molecular complexity index is 1300. The molecule has 0 fully saturated rings. The van der Waals surface area contributed by atoms with E-state index in [4.69, 9.17) is 9.97 Å². The average molecular weight is 410 g/mol. The van der Waals surface area contributed by atoms with Crippen LogP contribution in [0.3, 0.4) is 0 Å². The van der Waals surface area contributed by atoms with Crippen molar-refractivity contribution < 1.29 is 0 Å². The Kier molecular flexibility index (Phi) is 5.50. The second-order valence-electron chi connectivity index (χ2n) is 7.94. The van der Waals surface area contributed by atoms with Crippen LogP contribution in [0.4, 0.5) is 0 Å². The molecule has 0 aliphatic heterocycles. The Labute approximate surface area is 182 Å². The maximum atomic E-state index is 4.93. The fraction of sp³-hybridized carbons (Fsp3) is 0.231. The van der Waals surface area contributed by atoms with Gasteiger partial charge >= 0.3 is 0 Å². The number of para-hydroxylation sites is 4. The molecule has 0 unspecified atom stereocenters. The van der Waals surface area contributed by atoms with Gasteiger partial charge in [0.1, 0.15) is 11.6 Å². The maximum absolute atomic E-state index is 4.93. The van der Waals surface area contributed by atoms with Crippen LogP contribution in [0, 0.1) is 0 Å². The highest BCUT2D eigenvalue weighted by Crippen LogP contribution is 2.19. The molecule has 0 saturated heterocycles. The predicted molar refractivity (Wildman–Crippen MR) is 126 cm³/mol. The van der Waals surface area contributed by atoms with Gasteiger partial charge in [-0.1, -0.05) is 54.6 Å². The average Bonchev–Trinajstić information content (AvgIpc) is 3.32. The van der Waals surface area contributed by atoms with Gasteiger partial charge in [0.05, 0.1) is 28.6 Å². The number of hydrogen-bond acceptors (Lipinski definition) is 3. The number of imidazole rings is 2. The molecule has 5 heteroatoms. The molecular formula is C26H27N5. The quantitative estimate of drug-likeness (QED) is 0.378. The van der Waals surface area contributed by atoms with E-state index in [1.165, 1.54) is 16.6 Å². The topological polar surface area (TPSA) is 47.7 Å². The van der Waals surface area contributed by atoms with E-state index < -0.39 is 0 Å². The molecule has 156 valence electrons. The minimum Gasteiger partial charge on any atom is -0.330 e. The lowest BCUT2D eigenvalue weighted by atomic mass is 10.2. The summed E-state index contributed by atoms with van der Waals surface area (Å²) in [6, 6.07) is 27.3. The van der Waals surface area contributed by atoms with Gasteiger partial charge in [0, 0.05) is 20.0 Å². The zero-order valence-electron chi connectivity index (χ0n) is 17.8. The first-order valence-electron chi connectivity index (χ1n) is 10.9. The summed E-state index contributed by atoms with van der Waals surface area (Å²) in [6.45, 7) is 2.55. The standard InChI is InChI=1S/C26H27N5/c1-30-23-14-7-5-12-21(23)29-26(30)18-27-17-9-16-25-28-22-13-6-8-15-24(22)31(25)19-20-10-3-2-4-11-20/h2-8,10-15,27H,9,16-19H2,1H3. The maximum Gasteiger partial charge on any atom is 0.123 e. The van der Waals surface area contributed by atoms with Crippen LogP contribution in [0.2, 0.25) is 0 Å². The number of fused-ring (bicyclic) bond motifs is 2. The van der Waals surface area contributed by atoms with Crippen LogP contribution >= 0.6 is 0 Å². The molecule has 0 aliphatic carbocycles. The van der Waals surface area contributed by atoms with Crippen molar-refractivity contribution in [3.8, 4) is 0 Å². The van der Waals surface area contributed by atoms with Gasteiger partial charge in [-0.25, -0.2) is 9.97 Å². The third-order valence-corrected chi connectivity index (χ3v) is 5.83. The highest BCUT2D eigenvalue weighted by atomic mass is 15.1. The highest BCUT2D eigenvalue weighted by molar-refractivity contribution is 5.76. The molecule has 1 N–H and O–H groups in total. The predicted octanol–water partition coefficient (Wildman–Crippen LogP) is 4.69. The Balaban J connectivity index is 1.24. The van der Waals surface area contributed by atoms with Crippen LogP contribution in [0.15, 0.2) is 78.9 Å². The van der Waals surface area contributed by atoms with Gasteiger partial charge in [0.2, 0.25) is 0 Å². The normalized spacial score (nSPS) is 11.5. The highest BCUT2D eigenvalue weighted by Gasteiger charge is 2.11. The summed E-state index contributed by atoms with van der Waals surface area (Å²) in [5.41, 5.74) is 5.80. The van der Waals surface area contributed by atoms with Crippen molar-refractivity contribution in [2.45, 2.75) is 25.9 Å². The van der Waals surface area contributed by atoms with E-state index in [9.17, 15) is 0 Å². The molecule has 0 atom stereocenters. The molecule has 5 nitrogen and oxygen atoms in total. The third-order valence-electron chi connectivity index (χ3n) is 5.83. The largest absolute Gasteiger partial charge is 0.330 e. The molecule has 5 rings (SSSR count). The summed E-state index contributed by atoms with van der Waals surface area (Å²) in [4.78, 5) is 9.67. The molecule has 3 aromatic carbocycles. The van der Waals surface area contributed by atoms with Crippen LogP contribution in [0.1, 0.15) is 23.6 Å². The van der Waals surface area contributed by atoms with Crippen molar-refractivity contribution in [2.75, 3.05) is 6.54 Å². The number of aryl methyl sites for hydroxylation is 2. The molecule has 0 bridgehead atoms. The van der Waals surface area contributed by atoms with Crippen LogP contribution < -0.4 is 5.32 Å². The van der Waals surface area contributed by atoms with Gasteiger partial charge in [-0.15, -0.1) is 0 Å². The monoisotopic (exact) mass is 409 g/mol. The number of benzene rings is 3. The van der Waals surface area contributed by atoms with Crippen molar-refractivity contribution in [3.63, 3.8) is 0 Å². The smallest absolute Gasteiger partial charge is 0.123 e. The number of nitrogens with zero attached hydrogens (tertiary/aromatic N) is 4. The minimum atomic E-state index is 0.769. The van der Waals surface area contributed by atoms with Crippen molar-refractivity contribution in [1.82, 2.24) is 24.4 Å². The first kappa shape index (κ1) is 19.5. The van der Waals surface area contributed by atoms with E-state index in [2.05, 4.69) is 94.3 Å². The molecule has 2 heterocycles. The van der Waals surface area contributed by atoms with Crippen molar-refractivity contribution in [3.05, 3.63) is 96.1 Å². The Hall–Kier alpha value is -3.44. The molecular weight excluding hydrogens is 382 g/mol. The number of hydrogen-bond donors (Lipinski definition) is 1.